The Balaban J connectivity index is 0.00000363. The van der Waals surface area contributed by atoms with Gasteiger partial charge in [-0.25, -0.2) is 4.99 Å². The summed E-state index contributed by atoms with van der Waals surface area (Å²) in [5, 5.41) is 6.75. The van der Waals surface area contributed by atoms with Gasteiger partial charge in [0.05, 0.1) is 20.8 Å². The molecule has 0 aromatic heterocycles. The number of hydrogen-bond donors (Lipinski definition) is 2. The molecular weight excluding hydrogens is 515 g/mol. The first-order chi connectivity index (χ1) is 15.2. The molecule has 1 aliphatic rings. The fourth-order valence-electron chi connectivity index (χ4n) is 3.82. The van der Waals surface area contributed by atoms with Crippen molar-refractivity contribution < 1.29 is 9.47 Å². The highest BCUT2D eigenvalue weighted by molar-refractivity contribution is 14.0. The zero-order valence-corrected chi connectivity index (χ0v) is 21.9. The summed E-state index contributed by atoms with van der Waals surface area (Å²) < 4.78 is 10.7. The van der Waals surface area contributed by atoms with Crippen molar-refractivity contribution in [1.29, 1.82) is 0 Å². The van der Waals surface area contributed by atoms with Crippen molar-refractivity contribution in [3.63, 3.8) is 0 Å². The fraction of sp³-hybridized carbons (Fsp3) is 0.480. The number of guanidine groups is 1. The van der Waals surface area contributed by atoms with Gasteiger partial charge in [0, 0.05) is 19.6 Å². The lowest BCUT2D eigenvalue weighted by atomic mass is 10.1. The van der Waals surface area contributed by atoms with E-state index in [-0.39, 0.29) is 24.0 Å². The molecule has 0 bridgehead atoms. The molecule has 2 N–H and O–H groups in total. The lowest BCUT2D eigenvalue weighted by Crippen LogP contribution is -2.38. The molecule has 0 unspecified atom stereocenters. The normalized spacial score (nSPS) is 14.0. The Bertz CT molecular complexity index is 836. The van der Waals surface area contributed by atoms with Gasteiger partial charge < -0.3 is 20.1 Å². The van der Waals surface area contributed by atoms with Crippen molar-refractivity contribution in [3.8, 4) is 11.5 Å². The van der Waals surface area contributed by atoms with Gasteiger partial charge in [0.15, 0.2) is 17.5 Å². The molecule has 2 aromatic carbocycles. The molecule has 0 aliphatic carbocycles. The second-order valence-electron chi connectivity index (χ2n) is 7.86. The van der Waals surface area contributed by atoms with E-state index in [9.17, 15) is 0 Å². The van der Waals surface area contributed by atoms with Gasteiger partial charge >= 0.3 is 0 Å². The van der Waals surface area contributed by atoms with Gasteiger partial charge in [-0.3, -0.25) is 4.90 Å². The minimum atomic E-state index is 0. The van der Waals surface area contributed by atoms with Crippen LogP contribution in [0, 0.1) is 0 Å². The summed E-state index contributed by atoms with van der Waals surface area (Å²) in [6.07, 6.45) is 3.54. The van der Waals surface area contributed by atoms with Gasteiger partial charge in [-0.1, -0.05) is 30.3 Å². The van der Waals surface area contributed by atoms with Gasteiger partial charge in [-0.05, 0) is 68.1 Å². The van der Waals surface area contributed by atoms with Gasteiger partial charge in [0.2, 0.25) is 0 Å². The predicted molar refractivity (Wildman–Crippen MR) is 142 cm³/mol. The summed E-state index contributed by atoms with van der Waals surface area (Å²) in [7, 11) is 3.31. The van der Waals surface area contributed by atoms with E-state index in [2.05, 4.69) is 52.8 Å². The summed E-state index contributed by atoms with van der Waals surface area (Å²) >= 11 is 0. The van der Waals surface area contributed by atoms with Crippen LogP contribution in [0.25, 0.3) is 0 Å². The molecule has 2 aromatic rings. The standard InChI is InChI=1S/C25H36N4O2.HI/c1-4-26-25(27-14-13-20-11-12-23(30-2)24(17-20)31-3)28-18-21-7-9-22(10-8-21)19-29-15-5-6-16-29;/h7-12,17H,4-6,13-16,18-19H2,1-3H3,(H2,26,27,28);1H. The molecule has 1 fully saturated rings. The van der Waals surface area contributed by atoms with E-state index < -0.39 is 0 Å². The molecule has 32 heavy (non-hydrogen) atoms. The summed E-state index contributed by atoms with van der Waals surface area (Å²) in [5.74, 6) is 2.35. The van der Waals surface area contributed by atoms with E-state index >= 15 is 0 Å². The largest absolute Gasteiger partial charge is 0.493 e. The highest BCUT2D eigenvalue weighted by atomic mass is 127. The highest BCUT2D eigenvalue weighted by Crippen LogP contribution is 2.27. The molecule has 0 radical (unpaired) electrons. The second-order valence-corrected chi connectivity index (χ2v) is 7.86. The summed E-state index contributed by atoms with van der Waals surface area (Å²) in [4.78, 5) is 7.27. The maximum absolute atomic E-state index is 5.39. The molecule has 3 rings (SSSR count). The lowest BCUT2D eigenvalue weighted by Gasteiger charge is -2.15. The number of nitrogens with one attached hydrogen (secondary N) is 2. The van der Waals surface area contributed by atoms with E-state index in [1.807, 2.05) is 12.1 Å². The third-order valence-electron chi connectivity index (χ3n) is 5.55. The maximum Gasteiger partial charge on any atom is 0.191 e. The number of halogens is 1. The molecule has 1 saturated heterocycles. The average Bonchev–Trinajstić information content (AvgIpc) is 3.31. The zero-order chi connectivity index (χ0) is 21.9. The highest BCUT2D eigenvalue weighted by Gasteiger charge is 2.11. The summed E-state index contributed by atoms with van der Waals surface area (Å²) in [6.45, 7) is 7.88. The Labute approximate surface area is 209 Å². The first-order valence-corrected chi connectivity index (χ1v) is 11.2. The molecule has 0 amide bonds. The number of hydrogen-bond acceptors (Lipinski definition) is 4. The maximum atomic E-state index is 5.39. The Morgan fingerprint density at radius 3 is 2.22 bits per heavy atom. The lowest BCUT2D eigenvalue weighted by molar-refractivity contribution is 0.331. The third-order valence-corrected chi connectivity index (χ3v) is 5.55. The number of methoxy groups -OCH3 is 2. The van der Waals surface area contributed by atoms with Gasteiger partial charge in [0.1, 0.15) is 0 Å². The second kappa shape index (κ2) is 14.2. The van der Waals surface area contributed by atoms with Crippen LogP contribution in [0.1, 0.15) is 36.5 Å². The molecule has 1 aliphatic heterocycles. The van der Waals surface area contributed by atoms with Crippen LogP contribution in [0.15, 0.2) is 47.5 Å². The van der Waals surface area contributed by atoms with Crippen molar-refractivity contribution in [2.75, 3.05) is 40.4 Å². The van der Waals surface area contributed by atoms with Crippen molar-refractivity contribution in [1.82, 2.24) is 15.5 Å². The van der Waals surface area contributed by atoms with Crippen LogP contribution in [0.2, 0.25) is 0 Å². The Morgan fingerprint density at radius 2 is 1.56 bits per heavy atom. The minimum absolute atomic E-state index is 0. The SMILES string of the molecule is CCNC(=NCc1ccc(CN2CCCC2)cc1)NCCc1ccc(OC)c(OC)c1.I. The molecule has 0 spiro atoms. The number of benzene rings is 2. The summed E-state index contributed by atoms with van der Waals surface area (Å²) in [5.41, 5.74) is 3.80. The molecule has 6 nitrogen and oxygen atoms in total. The van der Waals surface area contributed by atoms with Crippen LogP contribution in [0.4, 0.5) is 0 Å². The third kappa shape index (κ3) is 8.16. The quantitative estimate of drug-likeness (QED) is 0.263. The van der Waals surface area contributed by atoms with Crippen LogP contribution in [-0.4, -0.2) is 51.3 Å². The van der Waals surface area contributed by atoms with Crippen molar-refractivity contribution in [2.24, 2.45) is 4.99 Å². The van der Waals surface area contributed by atoms with Crippen LogP contribution >= 0.6 is 24.0 Å². The minimum Gasteiger partial charge on any atom is -0.493 e. The van der Waals surface area contributed by atoms with E-state index in [0.29, 0.717) is 6.54 Å². The molecule has 0 saturated carbocycles. The topological polar surface area (TPSA) is 58.1 Å². The predicted octanol–water partition coefficient (Wildman–Crippen LogP) is 4.22. The molecular formula is C25H37IN4O2. The molecule has 1 heterocycles. The number of aliphatic imine (C=N–C) groups is 1. The van der Waals surface area contributed by atoms with Crippen LogP contribution in [0.3, 0.4) is 0 Å². The monoisotopic (exact) mass is 552 g/mol. The smallest absolute Gasteiger partial charge is 0.191 e. The van der Waals surface area contributed by atoms with E-state index in [0.717, 1.165) is 43.5 Å². The van der Waals surface area contributed by atoms with E-state index in [1.54, 1.807) is 14.2 Å². The van der Waals surface area contributed by atoms with Crippen LogP contribution in [0.5, 0.6) is 11.5 Å². The fourth-order valence-corrected chi connectivity index (χ4v) is 3.82. The molecule has 0 atom stereocenters. The van der Waals surface area contributed by atoms with Gasteiger partial charge in [-0.2, -0.15) is 0 Å². The van der Waals surface area contributed by atoms with Crippen molar-refractivity contribution >= 4 is 29.9 Å². The first-order valence-electron chi connectivity index (χ1n) is 11.2. The van der Waals surface area contributed by atoms with E-state index in [4.69, 9.17) is 14.5 Å². The van der Waals surface area contributed by atoms with Crippen molar-refractivity contribution in [3.05, 3.63) is 59.2 Å². The van der Waals surface area contributed by atoms with Crippen LogP contribution < -0.4 is 20.1 Å². The van der Waals surface area contributed by atoms with E-state index in [1.165, 1.54) is 42.6 Å². The van der Waals surface area contributed by atoms with Gasteiger partial charge in [-0.15, -0.1) is 24.0 Å². The Hall–Kier alpha value is -2.00. The Morgan fingerprint density at radius 1 is 0.906 bits per heavy atom. The number of rotatable bonds is 10. The average molecular weight is 553 g/mol. The van der Waals surface area contributed by atoms with Crippen LogP contribution in [-0.2, 0) is 19.5 Å². The Kier molecular flexibility index (Phi) is 11.7. The molecule has 7 heteroatoms. The van der Waals surface area contributed by atoms with Gasteiger partial charge in [0.25, 0.3) is 0 Å². The summed E-state index contributed by atoms with van der Waals surface area (Å²) in [6, 6.07) is 14.9. The van der Waals surface area contributed by atoms with Crippen molar-refractivity contribution in [2.45, 2.75) is 39.3 Å². The number of nitrogens with zero attached hydrogens (tertiary/aromatic N) is 2. The number of likely N-dealkylation sites (tertiary alicyclic amines) is 1. The molecule has 176 valence electrons. The zero-order valence-electron chi connectivity index (χ0n) is 19.5. The number of ether oxygens (including phenoxy) is 2. The first kappa shape index (κ1) is 26.3.